The number of aromatic amines is 1. The fourth-order valence-corrected chi connectivity index (χ4v) is 1.32. The first-order chi connectivity index (χ1) is 7.16. The molecule has 1 aromatic heterocycles. The molecular weight excluding hydrogens is 202 g/mol. The maximum atomic E-state index is 12.8. The average molecular weight is 210 g/mol. The Morgan fingerprint density at radius 2 is 1.87 bits per heavy atom. The van der Waals surface area contributed by atoms with E-state index in [-0.39, 0.29) is 11.4 Å². The lowest BCUT2D eigenvalue weighted by atomic mass is 10.1. The molecule has 0 spiro atoms. The molecule has 1 heterocycles. The normalized spacial score (nSPS) is 12.7. The summed E-state index contributed by atoms with van der Waals surface area (Å²) in [7, 11) is 0. The van der Waals surface area contributed by atoms with Gasteiger partial charge in [0.05, 0.1) is 0 Å². The van der Waals surface area contributed by atoms with Gasteiger partial charge in [-0.1, -0.05) is 0 Å². The van der Waals surface area contributed by atoms with E-state index in [1.165, 1.54) is 12.4 Å². The fourth-order valence-electron chi connectivity index (χ4n) is 1.32. The molecule has 1 atom stereocenters. The zero-order valence-corrected chi connectivity index (χ0v) is 7.61. The average Bonchev–Trinajstić information content (AvgIpc) is 2.67. The van der Waals surface area contributed by atoms with Crippen LogP contribution in [-0.2, 0) is 0 Å². The molecule has 0 aliphatic carbocycles. The summed E-state index contributed by atoms with van der Waals surface area (Å²) in [5.74, 6) is -1.20. The minimum absolute atomic E-state index is 0.127. The van der Waals surface area contributed by atoms with Crippen molar-refractivity contribution in [3.63, 3.8) is 0 Å². The van der Waals surface area contributed by atoms with E-state index >= 15 is 0 Å². The van der Waals surface area contributed by atoms with Crippen molar-refractivity contribution in [1.29, 1.82) is 0 Å². The van der Waals surface area contributed by atoms with Gasteiger partial charge < -0.3 is 10.1 Å². The van der Waals surface area contributed by atoms with Gasteiger partial charge >= 0.3 is 0 Å². The Hall–Kier alpha value is -1.75. The molecule has 3 nitrogen and oxygen atoms in total. The van der Waals surface area contributed by atoms with Crippen LogP contribution in [0.3, 0.4) is 0 Å². The van der Waals surface area contributed by atoms with Crippen LogP contribution in [0.25, 0.3) is 0 Å². The molecule has 0 radical (unpaired) electrons. The number of aliphatic hydroxyl groups is 1. The van der Waals surface area contributed by atoms with Gasteiger partial charge in [-0.05, 0) is 17.7 Å². The molecule has 78 valence electrons. The minimum Gasteiger partial charge on any atom is -0.380 e. The number of aliphatic hydroxyl groups excluding tert-OH is 1. The summed E-state index contributed by atoms with van der Waals surface area (Å²) in [5.41, 5.74) is 0.127. The minimum atomic E-state index is -1.15. The number of hydrogen-bond acceptors (Lipinski definition) is 2. The largest absolute Gasteiger partial charge is 0.380 e. The molecule has 0 bridgehead atoms. The fraction of sp³-hybridized carbons (Fsp3) is 0.100. The molecule has 1 aromatic carbocycles. The Labute approximate surface area is 84.4 Å². The van der Waals surface area contributed by atoms with Gasteiger partial charge in [-0.25, -0.2) is 13.8 Å². The van der Waals surface area contributed by atoms with Crippen molar-refractivity contribution in [1.82, 2.24) is 9.97 Å². The molecule has 2 aromatic rings. The first-order valence-electron chi connectivity index (χ1n) is 4.30. The van der Waals surface area contributed by atoms with Crippen LogP contribution in [-0.4, -0.2) is 15.1 Å². The highest BCUT2D eigenvalue weighted by Gasteiger charge is 2.14. The Morgan fingerprint density at radius 3 is 2.40 bits per heavy atom. The smallest absolute Gasteiger partial charge is 0.139 e. The summed E-state index contributed by atoms with van der Waals surface area (Å²) >= 11 is 0. The summed E-state index contributed by atoms with van der Waals surface area (Å²) < 4.78 is 25.7. The van der Waals surface area contributed by atoms with E-state index in [0.29, 0.717) is 0 Å². The van der Waals surface area contributed by atoms with Crippen LogP contribution in [0.1, 0.15) is 17.5 Å². The van der Waals surface area contributed by atoms with Crippen LogP contribution in [0.15, 0.2) is 30.6 Å². The van der Waals surface area contributed by atoms with Crippen molar-refractivity contribution in [3.05, 3.63) is 53.6 Å². The van der Waals surface area contributed by atoms with Crippen LogP contribution in [0.4, 0.5) is 8.78 Å². The molecule has 0 saturated heterocycles. The van der Waals surface area contributed by atoms with Crippen LogP contribution in [0.5, 0.6) is 0 Å². The third-order valence-electron chi connectivity index (χ3n) is 1.98. The van der Waals surface area contributed by atoms with Crippen LogP contribution in [0.2, 0.25) is 0 Å². The molecule has 5 heteroatoms. The van der Waals surface area contributed by atoms with Gasteiger partial charge in [0.25, 0.3) is 0 Å². The van der Waals surface area contributed by atoms with Crippen LogP contribution < -0.4 is 0 Å². The van der Waals surface area contributed by atoms with E-state index in [1.807, 2.05) is 0 Å². The SMILES string of the molecule is OC(c1cc(F)cc(F)c1)c1ncc[nH]1. The number of benzene rings is 1. The number of nitrogens with zero attached hydrogens (tertiary/aromatic N) is 1. The van der Waals surface area contributed by atoms with Crippen molar-refractivity contribution in [2.75, 3.05) is 0 Å². The van der Waals surface area contributed by atoms with Crippen LogP contribution in [0, 0.1) is 11.6 Å². The highest BCUT2D eigenvalue weighted by atomic mass is 19.1. The zero-order chi connectivity index (χ0) is 10.8. The second kappa shape index (κ2) is 3.78. The summed E-state index contributed by atoms with van der Waals surface area (Å²) in [5, 5.41) is 9.70. The van der Waals surface area contributed by atoms with Gasteiger partial charge in [0.1, 0.15) is 23.6 Å². The van der Waals surface area contributed by atoms with Crippen molar-refractivity contribution in [2.45, 2.75) is 6.10 Å². The van der Waals surface area contributed by atoms with Gasteiger partial charge in [0, 0.05) is 18.5 Å². The molecule has 2 N–H and O–H groups in total. The maximum Gasteiger partial charge on any atom is 0.139 e. The summed E-state index contributed by atoms with van der Waals surface area (Å²) in [6.45, 7) is 0. The number of nitrogens with one attached hydrogen (secondary N) is 1. The molecule has 0 aliphatic heterocycles. The second-order valence-corrected chi connectivity index (χ2v) is 3.08. The van der Waals surface area contributed by atoms with Crippen molar-refractivity contribution in [2.24, 2.45) is 0 Å². The molecule has 0 aliphatic rings. The number of aromatic nitrogens is 2. The van der Waals surface area contributed by atoms with E-state index in [4.69, 9.17) is 0 Å². The van der Waals surface area contributed by atoms with Crippen molar-refractivity contribution >= 4 is 0 Å². The maximum absolute atomic E-state index is 12.8. The molecule has 15 heavy (non-hydrogen) atoms. The van der Waals surface area contributed by atoms with E-state index in [0.717, 1.165) is 18.2 Å². The Bertz CT molecular complexity index is 436. The lowest BCUT2D eigenvalue weighted by Crippen LogP contribution is -2.03. The Balaban J connectivity index is 2.37. The summed E-state index contributed by atoms with van der Waals surface area (Å²) in [6, 6.07) is 2.88. The third kappa shape index (κ3) is 2.02. The molecule has 1 unspecified atom stereocenters. The van der Waals surface area contributed by atoms with E-state index in [9.17, 15) is 13.9 Å². The first-order valence-corrected chi connectivity index (χ1v) is 4.30. The monoisotopic (exact) mass is 210 g/mol. The van der Waals surface area contributed by atoms with Gasteiger partial charge in [0.15, 0.2) is 0 Å². The third-order valence-corrected chi connectivity index (χ3v) is 1.98. The molecular formula is C10H8F2N2O. The van der Waals surface area contributed by atoms with E-state index in [2.05, 4.69) is 9.97 Å². The number of halogens is 2. The van der Waals surface area contributed by atoms with Gasteiger partial charge in [-0.15, -0.1) is 0 Å². The van der Waals surface area contributed by atoms with Crippen molar-refractivity contribution < 1.29 is 13.9 Å². The number of rotatable bonds is 2. The van der Waals surface area contributed by atoms with Gasteiger partial charge in [-0.3, -0.25) is 0 Å². The Morgan fingerprint density at radius 1 is 1.20 bits per heavy atom. The lowest BCUT2D eigenvalue weighted by molar-refractivity contribution is 0.210. The number of imidazole rings is 1. The molecule has 2 rings (SSSR count). The lowest BCUT2D eigenvalue weighted by Gasteiger charge is -2.08. The number of H-pyrrole nitrogens is 1. The quantitative estimate of drug-likeness (QED) is 0.793. The molecule has 0 saturated carbocycles. The van der Waals surface area contributed by atoms with Gasteiger partial charge in [0.2, 0.25) is 0 Å². The first kappa shape index (κ1) is 9.79. The van der Waals surface area contributed by atoms with Gasteiger partial charge in [-0.2, -0.15) is 0 Å². The summed E-state index contributed by atoms with van der Waals surface area (Å²) in [6.07, 6.45) is 1.83. The highest BCUT2D eigenvalue weighted by molar-refractivity contribution is 5.24. The molecule has 0 amide bonds. The topological polar surface area (TPSA) is 48.9 Å². The number of hydrogen-bond donors (Lipinski definition) is 2. The predicted molar refractivity (Wildman–Crippen MR) is 49.0 cm³/mol. The Kier molecular flexibility index (Phi) is 2.47. The highest BCUT2D eigenvalue weighted by Crippen LogP contribution is 2.20. The predicted octanol–water partition coefficient (Wildman–Crippen LogP) is 1.77. The second-order valence-electron chi connectivity index (χ2n) is 3.08. The molecule has 0 fully saturated rings. The van der Waals surface area contributed by atoms with Crippen LogP contribution >= 0.6 is 0 Å². The van der Waals surface area contributed by atoms with Crippen molar-refractivity contribution in [3.8, 4) is 0 Å². The zero-order valence-electron chi connectivity index (χ0n) is 7.61. The van der Waals surface area contributed by atoms with E-state index in [1.54, 1.807) is 0 Å². The summed E-state index contributed by atoms with van der Waals surface area (Å²) in [4.78, 5) is 6.47. The van der Waals surface area contributed by atoms with E-state index < -0.39 is 17.7 Å². The standard InChI is InChI=1S/C10H8F2N2O/c11-7-3-6(4-8(12)5-7)9(15)10-13-1-2-14-10/h1-5,9,15H,(H,13,14).